The van der Waals surface area contributed by atoms with E-state index in [1.165, 1.54) is 16.9 Å². The van der Waals surface area contributed by atoms with Gasteiger partial charge < -0.3 is 10.6 Å². The van der Waals surface area contributed by atoms with Gasteiger partial charge in [-0.1, -0.05) is 6.92 Å². The van der Waals surface area contributed by atoms with Gasteiger partial charge in [0.05, 0.1) is 5.56 Å². The molecule has 2 amide bonds. The Morgan fingerprint density at radius 2 is 2.00 bits per heavy atom. The van der Waals surface area contributed by atoms with Crippen molar-refractivity contribution >= 4 is 28.2 Å². The minimum Gasteiger partial charge on any atom is -0.352 e. The molecular formula is C16H22N2O2S. The van der Waals surface area contributed by atoms with E-state index in [0.29, 0.717) is 6.54 Å². The largest absolute Gasteiger partial charge is 0.352 e. The van der Waals surface area contributed by atoms with Crippen molar-refractivity contribution in [2.45, 2.75) is 51.9 Å². The fourth-order valence-electron chi connectivity index (χ4n) is 2.78. The number of rotatable bonds is 5. The van der Waals surface area contributed by atoms with Gasteiger partial charge in [0, 0.05) is 17.3 Å². The second-order valence-corrected chi connectivity index (χ2v) is 7.04. The highest BCUT2D eigenvalue weighted by Crippen LogP contribution is 2.39. The van der Waals surface area contributed by atoms with Crippen molar-refractivity contribution in [1.82, 2.24) is 5.32 Å². The molecule has 1 heterocycles. The third-order valence-electron chi connectivity index (χ3n) is 4.12. The first kappa shape index (κ1) is 14.6. The molecule has 2 aliphatic carbocycles. The van der Waals surface area contributed by atoms with Crippen molar-refractivity contribution in [3.8, 4) is 0 Å². The minimum absolute atomic E-state index is 0.0256. The van der Waals surface area contributed by atoms with Crippen LogP contribution >= 0.6 is 11.3 Å². The third-order valence-corrected chi connectivity index (χ3v) is 5.33. The minimum atomic E-state index is -0.0256. The summed E-state index contributed by atoms with van der Waals surface area (Å²) in [6.45, 7) is 2.72. The molecule has 2 aliphatic rings. The topological polar surface area (TPSA) is 58.2 Å². The van der Waals surface area contributed by atoms with E-state index in [-0.39, 0.29) is 17.7 Å². The number of aryl methyl sites for hydroxylation is 1. The molecule has 3 rings (SSSR count). The van der Waals surface area contributed by atoms with Crippen LogP contribution in [0.15, 0.2) is 0 Å². The van der Waals surface area contributed by atoms with Crippen molar-refractivity contribution in [3.63, 3.8) is 0 Å². The molecule has 0 aliphatic heterocycles. The zero-order valence-electron chi connectivity index (χ0n) is 12.5. The quantitative estimate of drug-likeness (QED) is 0.878. The lowest BCUT2D eigenvalue weighted by Gasteiger charge is -2.13. The zero-order valence-corrected chi connectivity index (χ0v) is 13.3. The van der Waals surface area contributed by atoms with Gasteiger partial charge in [0.15, 0.2) is 0 Å². The Morgan fingerprint density at radius 3 is 2.71 bits per heavy atom. The fraction of sp³-hybridized carbons (Fsp3) is 0.625. The summed E-state index contributed by atoms with van der Waals surface area (Å²) >= 11 is 1.60. The third kappa shape index (κ3) is 3.12. The summed E-state index contributed by atoms with van der Waals surface area (Å²) in [5.41, 5.74) is 1.91. The van der Waals surface area contributed by atoms with E-state index in [2.05, 4.69) is 10.6 Å². The van der Waals surface area contributed by atoms with Gasteiger partial charge in [-0.05, 0) is 50.5 Å². The Labute approximate surface area is 129 Å². The first-order valence-electron chi connectivity index (χ1n) is 7.94. The van der Waals surface area contributed by atoms with E-state index >= 15 is 0 Å². The Morgan fingerprint density at radius 1 is 1.24 bits per heavy atom. The van der Waals surface area contributed by atoms with Crippen molar-refractivity contribution in [3.05, 3.63) is 16.0 Å². The van der Waals surface area contributed by atoms with Crippen LogP contribution in [-0.4, -0.2) is 18.4 Å². The normalized spacial score (nSPS) is 17.2. The molecule has 1 aromatic rings. The molecule has 0 unspecified atom stereocenters. The van der Waals surface area contributed by atoms with Crippen molar-refractivity contribution < 1.29 is 9.59 Å². The Bertz CT molecular complexity index is 561. The smallest absolute Gasteiger partial charge is 0.254 e. The summed E-state index contributed by atoms with van der Waals surface area (Å²) in [6.07, 6.45) is 7.19. The Balaban J connectivity index is 1.87. The van der Waals surface area contributed by atoms with Gasteiger partial charge in [0.2, 0.25) is 5.91 Å². The van der Waals surface area contributed by atoms with Gasteiger partial charge in [-0.25, -0.2) is 0 Å². The van der Waals surface area contributed by atoms with Crippen LogP contribution in [0.5, 0.6) is 0 Å². The number of fused-ring (bicyclic) bond motifs is 1. The van der Waals surface area contributed by atoms with Crippen molar-refractivity contribution in [2.24, 2.45) is 5.92 Å². The van der Waals surface area contributed by atoms with E-state index in [0.717, 1.165) is 49.1 Å². The molecule has 0 atom stereocenters. The van der Waals surface area contributed by atoms with Gasteiger partial charge in [-0.2, -0.15) is 0 Å². The van der Waals surface area contributed by atoms with Crippen LogP contribution in [-0.2, 0) is 17.6 Å². The molecule has 1 saturated carbocycles. The SMILES string of the molecule is CCCNC(=O)c1c(NC(=O)C2CC2)sc2c1CCCC2. The summed E-state index contributed by atoms with van der Waals surface area (Å²) < 4.78 is 0. The number of carbonyl (C=O) groups excluding carboxylic acids is 2. The van der Waals surface area contributed by atoms with E-state index in [9.17, 15) is 9.59 Å². The van der Waals surface area contributed by atoms with Crippen LogP contribution in [0.4, 0.5) is 5.00 Å². The molecule has 4 nitrogen and oxygen atoms in total. The van der Waals surface area contributed by atoms with Crippen molar-refractivity contribution in [1.29, 1.82) is 0 Å². The Hall–Kier alpha value is -1.36. The summed E-state index contributed by atoms with van der Waals surface area (Å²) in [5, 5.41) is 6.74. The number of thiophene rings is 1. The standard InChI is InChI=1S/C16H22N2O2S/c1-2-9-17-15(20)13-11-5-3-4-6-12(11)21-16(13)18-14(19)10-7-8-10/h10H,2-9H2,1H3,(H,17,20)(H,18,19). The molecule has 1 fully saturated rings. The maximum atomic E-state index is 12.5. The van der Waals surface area contributed by atoms with Crippen LogP contribution in [0.2, 0.25) is 0 Å². The number of carbonyl (C=O) groups is 2. The van der Waals surface area contributed by atoms with Crippen LogP contribution in [0.25, 0.3) is 0 Å². The van der Waals surface area contributed by atoms with Gasteiger partial charge in [-0.3, -0.25) is 9.59 Å². The molecule has 114 valence electrons. The van der Waals surface area contributed by atoms with E-state index in [1.54, 1.807) is 11.3 Å². The van der Waals surface area contributed by atoms with Gasteiger partial charge in [-0.15, -0.1) is 11.3 Å². The lowest BCUT2D eigenvalue weighted by atomic mass is 9.95. The lowest BCUT2D eigenvalue weighted by Crippen LogP contribution is -2.26. The number of hydrogen-bond acceptors (Lipinski definition) is 3. The molecule has 0 bridgehead atoms. The second kappa shape index (κ2) is 6.18. The molecule has 1 aromatic heterocycles. The first-order valence-corrected chi connectivity index (χ1v) is 8.76. The monoisotopic (exact) mass is 306 g/mol. The average molecular weight is 306 g/mol. The van der Waals surface area contributed by atoms with Gasteiger partial charge in [0.1, 0.15) is 5.00 Å². The molecule has 0 spiro atoms. The van der Waals surface area contributed by atoms with Crippen LogP contribution in [0, 0.1) is 5.92 Å². The number of anilines is 1. The van der Waals surface area contributed by atoms with E-state index in [1.807, 2.05) is 6.92 Å². The van der Waals surface area contributed by atoms with Crippen LogP contribution < -0.4 is 10.6 Å². The van der Waals surface area contributed by atoms with Gasteiger partial charge >= 0.3 is 0 Å². The summed E-state index contributed by atoms with van der Waals surface area (Å²) in [4.78, 5) is 25.8. The van der Waals surface area contributed by atoms with E-state index in [4.69, 9.17) is 0 Å². The molecule has 0 saturated heterocycles. The van der Waals surface area contributed by atoms with Crippen molar-refractivity contribution in [2.75, 3.05) is 11.9 Å². The number of amides is 2. The maximum Gasteiger partial charge on any atom is 0.254 e. The summed E-state index contributed by atoms with van der Waals surface area (Å²) in [5.74, 6) is 0.219. The van der Waals surface area contributed by atoms with Gasteiger partial charge in [0.25, 0.3) is 5.91 Å². The maximum absolute atomic E-state index is 12.5. The number of nitrogens with one attached hydrogen (secondary N) is 2. The number of hydrogen-bond donors (Lipinski definition) is 2. The lowest BCUT2D eigenvalue weighted by molar-refractivity contribution is -0.117. The molecule has 0 aromatic carbocycles. The molecule has 0 radical (unpaired) electrons. The highest BCUT2D eigenvalue weighted by Gasteiger charge is 2.32. The molecule has 5 heteroatoms. The van der Waals surface area contributed by atoms with E-state index < -0.39 is 0 Å². The predicted octanol–water partition coefficient (Wildman–Crippen LogP) is 3.12. The first-order chi connectivity index (χ1) is 10.2. The predicted molar refractivity (Wildman–Crippen MR) is 84.9 cm³/mol. The molecular weight excluding hydrogens is 284 g/mol. The Kier molecular flexibility index (Phi) is 4.29. The highest BCUT2D eigenvalue weighted by atomic mass is 32.1. The fourth-order valence-corrected chi connectivity index (χ4v) is 4.07. The van der Waals surface area contributed by atoms with Crippen LogP contribution in [0.3, 0.4) is 0 Å². The molecule has 2 N–H and O–H groups in total. The molecule has 21 heavy (non-hydrogen) atoms. The second-order valence-electron chi connectivity index (χ2n) is 5.93. The zero-order chi connectivity index (χ0) is 14.8. The summed E-state index contributed by atoms with van der Waals surface area (Å²) in [6, 6.07) is 0. The average Bonchev–Trinajstić information content (AvgIpc) is 3.26. The van der Waals surface area contributed by atoms with Crippen LogP contribution in [0.1, 0.15) is 59.8 Å². The highest BCUT2D eigenvalue weighted by molar-refractivity contribution is 7.17. The summed E-state index contributed by atoms with van der Waals surface area (Å²) in [7, 11) is 0.